The van der Waals surface area contributed by atoms with E-state index in [0.29, 0.717) is 13.1 Å². The average Bonchev–Trinajstić information content (AvgIpc) is 2.27. The largest absolute Gasteiger partial charge is 0.395 e. The van der Waals surface area contributed by atoms with E-state index in [9.17, 15) is 9.59 Å². The SMILES string of the molecule is CCCN(CCO)c1c(N)n(C)c(=O)[nH]c1=O. The van der Waals surface area contributed by atoms with Crippen LogP contribution in [0.15, 0.2) is 9.59 Å². The zero-order chi connectivity index (χ0) is 13.0. The fourth-order valence-electron chi connectivity index (χ4n) is 1.66. The van der Waals surface area contributed by atoms with E-state index < -0.39 is 11.2 Å². The Kier molecular flexibility index (Phi) is 4.33. The van der Waals surface area contributed by atoms with E-state index in [1.807, 2.05) is 6.92 Å². The van der Waals surface area contributed by atoms with Crippen molar-refractivity contribution in [1.82, 2.24) is 9.55 Å². The lowest BCUT2D eigenvalue weighted by Gasteiger charge is -2.24. The highest BCUT2D eigenvalue weighted by Crippen LogP contribution is 2.15. The highest BCUT2D eigenvalue weighted by Gasteiger charge is 2.16. The molecule has 1 aromatic rings. The summed E-state index contributed by atoms with van der Waals surface area (Å²) in [6.45, 7) is 2.77. The van der Waals surface area contributed by atoms with E-state index in [0.717, 1.165) is 6.42 Å². The van der Waals surface area contributed by atoms with Crippen LogP contribution < -0.4 is 21.9 Å². The number of nitrogens with two attached hydrogens (primary N) is 1. The molecule has 1 aromatic heterocycles. The second-order valence-electron chi connectivity index (χ2n) is 3.76. The van der Waals surface area contributed by atoms with Crippen molar-refractivity contribution in [1.29, 1.82) is 0 Å². The Bertz CT molecular complexity index is 485. The van der Waals surface area contributed by atoms with Crippen molar-refractivity contribution in [2.45, 2.75) is 13.3 Å². The molecule has 0 aliphatic heterocycles. The van der Waals surface area contributed by atoms with Gasteiger partial charge in [-0.3, -0.25) is 14.3 Å². The Morgan fingerprint density at radius 1 is 1.41 bits per heavy atom. The third-order valence-electron chi connectivity index (χ3n) is 2.52. The van der Waals surface area contributed by atoms with Gasteiger partial charge in [0.2, 0.25) is 0 Å². The summed E-state index contributed by atoms with van der Waals surface area (Å²) in [6.07, 6.45) is 0.807. The summed E-state index contributed by atoms with van der Waals surface area (Å²) in [4.78, 5) is 26.9. The average molecular weight is 242 g/mol. The maximum atomic E-state index is 11.7. The number of hydrogen-bond donors (Lipinski definition) is 3. The van der Waals surface area contributed by atoms with Crippen molar-refractivity contribution in [3.05, 3.63) is 20.8 Å². The number of rotatable bonds is 5. The van der Waals surface area contributed by atoms with E-state index in [2.05, 4.69) is 4.98 Å². The van der Waals surface area contributed by atoms with Crippen molar-refractivity contribution < 1.29 is 5.11 Å². The molecule has 17 heavy (non-hydrogen) atoms. The molecule has 0 spiro atoms. The van der Waals surface area contributed by atoms with Gasteiger partial charge in [0, 0.05) is 20.1 Å². The van der Waals surface area contributed by atoms with Crippen LogP contribution in [0.2, 0.25) is 0 Å². The fraction of sp³-hybridized carbons (Fsp3) is 0.600. The molecule has 0 radical (unpaired) electrons. The number of aliphatic hydroxyl groups excluding tert-OH is 1. The summed E-state index contributed by atoms with van der Waals surface area (Å²) in [5.41, 5.74) is 4.94. The summed E-state index contributed by atoms with van der Waals surface area (Å²) in [5, 5.41) is 8.97. The summed E-state index contributed by atoms with van der Waals surface area (Å²) < 4.78 is 1.18. The first-order chi connectivity index (χ1) is 8.02. The van der Waals surface area contributed by atoms with Crippen LogP contribution in [0.25, 0.3) is 0 Å². The van der Waals surface area contributed by atoms with Crippen LogP contribution in [0.5, 0.6) is 0 Å². The quantitative estimate of drug-likeness (QED) is 0.605. The maximum absolute atomic E-state index is 11.7. The van der Waals surface area contributed by atoms with E-state index >= 15 is 0 Å². The minimum Gasteiger partial charge on any atom is -0.395 e. The molecule has 0 aliphatic rings. The first-order valence-electron chi connectivity index (χ1n) is 5.47. The first kappa shape index (κ1) is 13.3. The molecule has 0 saturated carbocycles. The van der Waals surface area contributed by atoms with Crippen molar-refractivity contribution >= 4 is 11.5 Å². The molecule has 0 atom stereocenters. The molecule has 0 fully saturated rings. The van der Waals surface area contributed by atoms with Gasteiger partial charge in [-0.1, -0.05) is 6.92 Å². The van der Waals surface area contributed by atoms with Gasteiger partial charge in [-0.05, 0) is 6.42 Å². The Labute approximate surface area is 98.5 Å². The molecule has 4 N–H and O–H groups in total. The molecule has 0 unspecified atom stereocenters. The Balaban J connectivity index is 3.32. The molecule has 0 amide bonds. The maximum Gasteiger partial charge on any atom is 0.329 e. The number of aromatic amines is 1. The topological polar surface area (TPSA) is 104 Å². The number of nitrogen functional groups attached to an aromatic ring is 1. The molecule has 7 heteroatoms. The number of anilines is 2. The molecule has 96 valence electrons. The first-order valence-corrected chi connectivity index (χ1v) is 5.47. The van der Waals surface area contributed by atoms with E-state index in [4.69, 9.17) is 10.8 Å². The van der Waals surface area contributed by atoms with Crippen molar-refractivity contribution in [2.24, 2.45) is 7.05 Å². The number of nitrogens with zero attached hydrogens (tertiary/aromatic N) is 2. The number of H-pyrrole nitrogens is 1. The van der Waals surface area contributed by atoms with E-state index in [-0.39, 0.29) is 18.1 Å². The van der Waals surface area contributed by atoms with Crippen LogP contribution in [-0.2, 0) is 7.05 Å². The van der Waals surface area contributed by atoms with Gasteiger partial charge in [0.25, 0.3) is 5.56 Å². The predicted molar refractivity (Wildman–Crippen MR) is 66.3 cm³/mol. The van der Waals surface area contributed by atoms with Crippen LogP contribution in [0.1, 0.15) is 13.3 Å². The summed E-state index contributed by atoms with van der Waals surface area (Å²) >= 11 is 0. The highest BCUT2D eigenvalue weighted by molar-refractivity contribution is 5.62. The van der Waals surface area contributed by atoms with Gasteiger partial charge >= 0.3 is 5.69 Å². The molecular weight excluding hydrogens is 224 g/mol. The Morgan fingerprint density at radius 2 is 2.06 bits per heavy atom. The summed E-state index contributed by atoms with van der Waals surface area (Å²) in [5.74, 6) is 0.112. The Morgan fingerprint density at radius 3 is 2.59 bits per heavy atom. The normalized spacial score (nSPS) is 10.5. The third kappa shape index (κ3) is 2.68. The van der Waals surface area contributed by atoms with Crippen molar-refractivity contribution in [3.63, 3.8) is 0 Å². The molecule has 0 saturated heterocycles. The van der Waals surface area contributed by atoms with E-state index in [1.165, 1.54) is 11.6 Å². The highest BCUT2D eigenvalue weighted by atomic mass is 16.3. The predicted octanol–water partition coefficient (Wildman–Crippen LogP) is -1.14. The van der Waals surface area contributed by atoms with Gasteiger partial charge in [0.15, 0.2) is 0 Å². The van der Waals surface area contributed by atoms with Gasteiger partial charge in [-0.15, -0.1) is 0 Å². The van der Waals surface area contributed by atoms with Gasteiger partial charge < -0.3 is 15.7 Å². The van der Waals surface area contributed by atoms with E-state index in [1.54, 1.807) is 4.90 Å². The number of hydrogen-bond acceptors (Lipinski definition) is 5. The van der Waals surface area contributed by atoms with Gasteiger partial charge in [-0.25, -0.2) is 4.79 Å². The van der Waals surface area contributed by atoms with Crippen LogP contribution in [0, 0.1) is 0 Å². The lowest BCUT2D eigenvalue weighted by molar-refractivity contribution is 0.301. The van der Waals surface area contributed by atoms with Crippen LogP contribution in [0.4, 0.5) is 11.5 Å². The van der Waals surface area contributed by atoms with Crippen molar-refractivity contribution in [2.75, 3.05) is 30.3 Å². The fourth-order valence-corrected chi connectivity index (χ4v) is 1.66. The van der Waals surface area contributed by atoms with Gasteiger partial charge in [-0.2, -0.15) is 0 Å². The minimum absolute atomic E-state index is 0.0816. The molecule has 0 aliphatic carbocycles. The molecular formula is C10H18N4O3. The second-order valence-corrected chi connectivity index (χ2v) is 3.76. The van der Waals surface area contributed by atoms with Gasteiger partial charge in [0.05, 0.1) is 6.61 Å². The lowest BCUT2D eigenvalue weighted by Crippen LogP contribution is -2.39. The van der Waals surface area contributed by atoms with Crippen LogP contribution in [-0.4, -0.2) is 34.4 Å². The second kappa shape index (κ2) is 5.53. The number of aliphatic hydroxyl groups is 1. The lowest BCUT2D eigenvalue weighted by atomic mass is 10.3. The smallest absolute Gasteiger partial charge is 0.329 e. The standard InChI is InChI=1S/C10H18N4O3/c1-3-4-14(5-6-15)7-8(11)13(2)10(17)12-9(7)16/h15H,3-6,11H2,1-2H3,(H,12,16,17). The van der Waals surface area contributed by atoms with Crippen LogP contribution in [0.3, 0.4) is 0 Å². The molecule has 0 bridgehead atoms. The molecule has 0 aromatic carbocycles. The number of nitrogens with one attached hydrogen (secondary N) is 1. The van der Waals surface area contributed by atoms with Crippen molar-refractivity contribution in [3.8, 4) is 0 Å². The molecule has 7 nitrogen and oxygen atoms in total. The van der Waals surface area contributed by atoms with Gasteiger partial charge in [0.1, 0.15) is 11.5 Å². The minimum atomic E-state index is -0.545. The number of aromatic nitrogens is 2. The van der Waals surface area contributed by atoms with Crippen LogP contribution >= 0.6 is 0 Å². The molecule has 1 heterocycles. The monoisotopic (exact) mass is 242 g/mol. The third-order valence-corrected chi connectivity index (χ3v) is 2.52. The zero-order valence-electron chi connectivity index (χ0n) is 10.1. The summed E-state index contributed by atoms with van der Waals surface area (Å²) in [6, 6.07) is 0. The summed E-state index contributed by atoms with van der Waals surface area (Å²) in [7, 11) is 1.49. The molecule has 1 rings (SSSR count). The zero-order valence-corrected chi connectivity index (χ0v) is 10.1. The Hall–Kier alpha value is -1.76.